The highest BCUT2D eigenvalue weighted by Crippen LogP contribution is 2.29. The molecule has 0 aromatic heterocycles. The molecule has 0 bridgehead atoms. The van der Waals surface area contributed by atoms with Crippen LogP contribution in [-0.2, 0) is 0 Å². The summed E-state index contributed by atoms with van der Waals surface area (Å²) in [5, 5.41) is 19.5. The van der Waals surface area contributed by atoms with Crippen molar-refractivity contribution in [3.05, 3.63) is 71.8 Å². The third-order valence-electron chi connectivity index (χ3n) is 3.14. The summed E-state index contributed by atoms with van der Waals surface area (Å²) in [6.45, 7) is 2.02. The Bertz CT molecular complexity index is 547. The maximum Gasteiger partial charge on any atom is 0.489 e. The van der Waals surface area contributed by atoms with E-state index in [0.29, 0.717) is 5.47 Å². The van der Waals surface area contributed by atoms with Crippen LogP contribution in [-0.4, -0.2) is 17.2 Å². The molecule has 0 aliphatic heterocycles. The molecule has 2 aromatic rings. The quantitative estimate of drug-likeness (QED) is 0.648. The highest BCUT2D eigenvalue weighted by molar-refractivity contribution is 6.68. The second-order valence-corrected chi connectivity index (χ2v) is 4.35. The maximum absolute atomic E-state index is 9.73. The minimum atomic E-state index is -1.47. The summed E-state index contributed by atoms with van der Waals surface area (Å²) < 4.78 is 0. The zero-order valence-electron chi connectivity index (χ0n) is 11.0. The Morgan fingerprint density at radius 3 is 1.74 bits per heavy atom. The second kappa shape index (κ2) is 6.37. The average molecular weight is 252 g/mol. The largest absolute Gasteiger partial charge is 0.489 e. The first-order valence-electron chi connectivity index (χ1n) is 6.44. The monoisotopic (exact) mass is 252 g/mol. The van der Waals surface area contributed by atoms with Crippen molar-refractivity contribution >= 4 is 18.2 Å². The van der Waals surface area contributed by atoms with Gasteiger partial charge >= 0.3 is 7.12 Å². The van der Waals surface area contributed by atoms with Gasteiger partial charge in [0.25, 0.3) is 0 Å². The first-order chi connectivity index (χ1) is 9.24. The lowest BCUT2D eigenvalue weighted by Crippen LogP contribution is -2.16. The SMILES string of the molecule is CCC(=C(B(O)O)c1ccccc1)c1ccccc1. The molecule has 0 saturated heterocycles. The van der Waals surface area contributed by atoms with E-state index in [-0.39, 0.29) is 0 Å². The van der Waals surface area contributed by atoms with Crippen molar-refractivity contribution in [3.8, 4) is 0 Å². The lowest BCUT2D eigenvalue weighted by Gasteiger charge is -2.14. The van der Waals surface area contributed by atoms with Crippen LogP contribution in [0.4, 0.5) is 0 Å². The predicted molar refractivity (Wildman–Crippen MR) is 80.2 cm³/mol. The highest BCUT2D eigenvalue weighted by Gasteiger charge is 2.21. The molecule has 0 fully saturated rings. The van der Waals surface area contributed by atoms with Gasteiger partial charge in [0, 0.05) is 0 Å². The molecule has 0 radical (unpaired) electrons. The Morgan fingerprint density at radius 2 is 1.32 bits per heavy atom. The minimum Gasteiger partial charge on any atom is -0.423 e. The molecule has 2 rings (SSSR count). The van der Waals surface area contributed by atoms with Crippen LogP contribution in [0.2, 0.25) is 0 Å². The molecule has 0 aliphatic rings. The molecule has 96 valence electrons. The van der Waals surface area contributed by atoms with Crippen LogP contribution in [0.3, 0.4) is 0 Å². The van der Waals surface area contributed by atoms with Gasteiger partial charge in [-0.1, -0.05) is 67.6 Å². The molecule has 0 aliphatic carbocycles. The number of hydrogen-bond acceptors (Lipinski definition) is 2. The van der Waals surface area contributed by atoms with Gasteiger partial charge < -0.3 is 10.0 Å². The Kier molecular flexibility index (Phi) is 4.55. The molecule has 19 heavy (non-hydrogen) atoms. The maximum atomic E-state index is 9.73. The molecule has 0 atom stereocenters. The van der Waals surface area contributed by atoms with E-state index in [4.69, 9.17) is 0 Å². The Balaban J connectivity index is 2.60. The smallest absolute Gasteiger partial charge is 0.423 e. The summed E-state index contributed by atoms with van der Waals surface area (Å²) in [4.78, 5) is 0. The van der Waals surface area contributed by atoms with Gasteiger partial charge in [-0.15, -0.1) is 0 Å². The van der Waals surface area contributed by atoms with E-state index in [1.54, 1.807) is 0 Å². The van der Waals surface area contributed by atoms with Crippen LogP contribution >= 0.6 is 0 Å². The van der Waals surface area contributed by atoms with Crippen molar-refractivity contribution in [2.24, 2.45) is 0 Å². The highest BCUT2D eigenvalue weighted by atomic mass is 16.4. The van der Waals surface area contributed by atoms with Gasteiger partial charge in [0.1, 0.15) is 0 Å². The fraction of sp³-hybridized carbons (Fsp3) is 0.125. The fourth-order valence-corrected chi connectivity index (χ4v) is 2.29. The fourth-order valence-electron chi connectivity index (χ4n) is 2.29. The van der Waals surface area contributed by atoms with Gasteiger partial charge in [0.15, 0.2) is 0 Å². The van der Waals surface area contributed by atoms with Crippen molar-refractivity contribution in [1.29, 1.82) is 0 Å². The van der Waals surface area contributed by atoms with Crippen molar-refractivity contribution in [2.45, 2.75) is 13.3 Å². The molecule has 2 N–H and O–H groups in total. The number of benzene rings is 2. The third-order valence-corrected chi connectivity index (χ3v) is 3.14. The number of hydrogen-bond donors (Lipinski definition) is 2. The van der Waals surface area contributed by atoms with Crippen LogP contribution in [0.15, 0.2) is 60.7 Å². The normalized spacial score (nSPS) is 11.9. The van der Waals surface area contributed by atoms with Gasteiger partial charge in [-0.2, -0.15) is 0 Å². The Morgan fingerprint density at radius 1 is 0.842 bits per heavy atom. The molecule has 0 saturated carbocycles. The zero-order chi connectivity index (χ0) is 13.7. The molecule has 0 unspecified atom stereocenters. The summed E-state index contributed by atoms with van der Waals surface area (Å²) >= 11 is 0. The molecule has 0 spiro atoms. The number of allylic oxidation sites excluding steroid dienone is 1. The van der Waals surface area contributed by atoms with E-state index in [1.165, 1.54) is 0 Å². The van der Waals surface area contributed by atoms with E-state index in [0.717, 1.165) is 23.1 Å². The molecule has 2 nitrogen and oxygen atoms in total. The number of rotatable bonds is 4. The first-order valence-corrected chi connectivity index (χ1v) is 6.44. The lowest BCUT2D eigenvalue weighted by molar-refractivity contribution is 0.427. The van der Waals surface area contributed by atoms with Gasteiger partial charge in [-0.25, -0.2) is 0 Å². The molecule has 0 amide bonds. The van der Waals surface area contributed by atoms with Gasteiger partial charge in [-0.05, 0) is 28.6 Å². The molecular weight excluding hydrogens is 235 g/mol. The zero-order valence-corrected chi connectivity index (χ0v) is 11.0. The van der Waals surface area contributed by atoms with Gasteiger partial charge in [-0.3, -0.25) is 0 Å². The van der Waals surface area contributed by atoms with Crippen LogP contribution in [0.25, 0.3) is 11.0 Å². The van der Waals surface area contributed by atoms with E-state index < -0.39 is 7.12 Å². The van der Waals surface area contributed by atoms with Crippen LogP contribution < -0.4 is 0 Å². The van der Waals surface area contributed by atoms with Gasteiger partial charge in [0.2, 0.25) is 0 Å². The Labute approximate surface area is 114 Å². The molecule has 2 aromatic carbocycles. The summed E-state index contributed by atoms with van der Waals surface area (Å²) in [6.07, 6.45) is 0.742. The van der Waals surface area contributed by atoms with Crippen LogP contribution in [0.1, 0.15) is 24.5 Å². The van der Waals surface area contributed by atoms with Crippen molar-refractivity contribution in [3.63, 3.8) is 0 Å². The average Bonchev–Trinajstić information content (AvgIpc) is 2.46. The van der Waals surface area contributed by atoms with Crippen molar-refractivity contribution < 1.29 is 10.0 Å². The van der Waals surface area contributed by atoms with E-state index in [2.05, 4.69) is 0 Å². The summed E-state index contributed by atoms with van der Waals surface area (Å²) in [5.74, 6) is 0. The molecule has 0 heterocycles. The minimum absolute atomic E-state index is 0.578. The van der Waals surface area contributed by atoms with Gasteiger partial charge in [0.05, 0.1) is 0 Å². The first kappa shape index (κ1) is 13.6. The van der Waals surface area contributed by atoms with E-state index >= 15 is 0 Å². The second-order valence-electron chi connectivity index (χ2n) is 4.35. The van der Waals surface area contributed by atoms with Crippen LogP contribution in [0, 0.1) is 0 Å². The summed E-state index contributed by atoms with van der Waals surface area (Å²) in [5.41, 5.74) is 3.41. The van der Waals surface area contributed by atoms with Crippen LogP contribution in [0.5, 0.6) is 0 Å². The summed E-state index contributed by atoms with van der Waals surface area (Å²) in [7, 11) is -1.47. The predicted octanol–water partition coefficient (Wildman–Crippen LogP) is 3.02. The third kappa shape index (κ3) is 3.14. The standard InChI is InChI=1S/C16H17BO2/c1-2-15(13-9-5-3-6-10-13)16(17(18)19)14-11-7-4-8-12-14/h3-12,18-19H,2H2,1H3. The molecular formula is C16H17BO2. The van der Waals surface area contributed by atoms with Crippen molar-refractivity contribution in [2.75, 3.05) is 0 Å². The van der Waals surface area contributed by atoms with E-state index in [9.17, 15) is 10.0 Å². The topological polar surface area (TPSA) is 40.5 Å². The molecule has 3 heteroatoms. The van der Waals surface area contributed by atoms with E-state index in [1.807, 2.05) is 67.6 Å². The Hall–Kier alpha value is -1.84. The lowest BCUT2D eigenvalue weighted by atomic mass is 9.70. The van der Waals surface area contributed by atoms with Crippen molar-refractivity contribution in [1.82, 2.24) is 0 Å². The summed E-state index contributed by atoms with van der Waals surface area (Å²) in [6, 6.07) is 19.4.